The Morgan fingerprint density at radius 1 is 1.53 bits per heavy atom. The van der Waals surface area contributed by atoms with Gasteiger partial charge in [0.25, 0.3) is 0 Å². The van der Waals surface area contributed by atoms with E-state index in [0.29, 0.717) is 18.3 Å². The van der Waals surface area contributed by atoms with Crippen LogP contribution in [0.2, 0.25) is 0 Å². The number of hydrogen-bond donors (Lipinski definition) is 1. The van der Waals surface area contributed by atoms with Crippen LogP contribution < -0.4 is 5.73 Å². The van der Waals surface area contributed by atoms with Gasteiger partial charge in [-0.05, 0) is 32.4 Å². The van der Waals surface area contributed by atoms with E-state index in [4.69, 9.17) is 22.1 Å². The number of hydrogen-bond acceptors (Lipinski definition) is 3. The molecule has 2 heterocycles. The first-order chi connectivity index (χ1) is 9.11. The van der Waals surface area contributed by atoms with Gasteiger partial charge in [0.15, 0.2) is 0 Å². The normalized spacial score (nSPS) is 21.1. The van der Waals surface area contributed by atoms with Gasteiger partial charge in [-0.3, -0.25) is 4.99 Å². The number of aliphatic imine (C=N–C) groups is 1. The van der Waals surface area contributed by atoms with Crippen molar-refractivity contribution in [3.05, 3.63) is 29.6 Å². The van der Waals surface area contributed by atoms with Crippen LogP contribution in [0.3, 0.4) is 0 Å². The Balaban J connectivity index is 2.22. The van der Waals surface area contributed by atoms with Gasteiger partial charge < -0.3 is 15.0 Å². The lowest BCUT2D eigenvalue weighted by Crippen LogP contribution is -2.14. The van der Waals surface area contributed by atoms with Crippen LogP contribution in [0.5, 0.6) is 0 Å². The number of aryl methyl sites for hydroxylation is 2. The minimum Gasteiger partial charge on any atom is -0.385 e. The number of halogens is 1. The Bertz CT molecular complexity index is 479. The monoisotopic (exact) mass is 281 g/mol. The molecule has 1 fully saturated rings. The molecule has 0 aliphatic carbocycles. The number of nitrogens with two attached hydrogens (primary N) is 1. The van der Waals surface area contributed by atoms with Crippen LogP contribution in [-0.4, -0.2) is 35.4 Å². The van der Waals surface area contributed by atoms with E-state index in [1.54, 1.807) is 0 Å². The molecule has 1 aliphatic heterocycles. The SMILES string of the molecule is Cc1ccc(C)n1C(N)=CC(CCl)=N[C@@H]1CCOC1. The fourth-order valence-corrected chi connectivity index (χ4v) is 2.43. The minimum atomic E-state index is 0.213. The van der Waals surface area contributed by atoms with Crippen LogP contribution in [0.15, 0.2) is 23.2 Å². The highest BCUT2D eigenvalue weighted by Gasteiger charge is 2.14. The summed E-state index contributed by atoms with van der Waals surface area (Å²) in [6.07, 6.45) is 2.81. The zero-order valence-electron chi connectivity index (χ0n) is 11.4. The van der Waals surface area contributed by atoms with Gasteiger partial charge >= 0.3 is 0 Å². The number of aromatic nitrogens is 1. The highest BCUT2D eigenvalue weighted by atomic mass is 35.5. The molecule has 2 rings (SSSR count). The number of alkyl halides is 1. The van der Waals surface area contributed by atoms with Gasteiger partial charge in [0.1, 0.15) is 5.82 Å². The number of nitrogens with zero attached hydrogens (tertiary/aromatic N) is 2. The van der Waals surface area contributed by atoms with Gasteiger partial charge in [0, 0.05) is 24.1 Å². The Morgan fingerprint density at radius 2 is 2.21 bits per heavy atom. The van der Waals surface area contributed by atoms with Crippen molar-refractivity contribution in [3.8, 4) is 0 Å². The zero-order chi connectivity index (χ0) is 13.8. The van der Waals surface area contributed by atoms with E-state index in [0.717, 1.165) is 30.1 Å². The predicted octanol–water partition coefficient (Wildman–Crippen LogP) is 2.33. The molecule has 1 saturated heterocycles. The molecule has 19 heavy (non-hydrogen) atoms. The summed E-state index contributed by atoms with van der Waals surface area (Å²) in [7, 11) is 0. The first-order valence-corrected chi connectivity index (χ1v) is 6.98. The van der Waals surface area contributed by atoms with Crippen LogP contribution in [-0.2, 0) is 4.74 Å². The van der Waals surface area contributed by atoms with E-state index in [2.05, 4.69) is 4.99 Å². The fourth-order valence-electron chi connectivity index (χ4n) is 2.28. The highest BCUT2D eigenvalue weighted by Crippen LogP contribution is 2.13. The molecule has 1 aliphatic rings. The predicted molar refractivity (Wildman–Crippen MR) is 79.7 cm³/mol. The maximum atomic E-state index is 6.15. The second-order valence-corrected chi connectivity index (χ2v) is 5.06. The van der Waals surface area contributed by atoms with Crippen molar-refractivity contribution < 1.29 is 4.74 Å². The van der Waals surface area contributed by atoms with Gasteiger partial charge in [-0.1, -0.05) is 0 Å². The summed E-state index contributed by atoms with van der Waals surface area (Å²) < 4.78 is 7.30. The number of ether oxygens (including phenoxy) is 1. The second kappa shape index (κ2) is 6.26. The van der Waals surface area contributed by atoms with Gasteiger partial charge in [0.05, 0.1) is 24.2 Å². The molecule has 1 aromatic heterocycles. The van der Waals surface area contributed by atoms with E-state index < -0.39 is 0 Å². The van der Waals surface area contributed by atoms with Crippen molar-refractivity contribution in [1.82, 2.24) is 4.57 Å². The summed E-state index contributed by atoms with van der Waals surface area (Å²) in [4.78, 5) is 4.59. The molecule has 0 amide bonds. The molecule has 2 N–H and O–H groups in total. The van der Waals surface area contributed by atoms with Crippen LogP contribution >= 0.6 is 11.6 Å². The first kappa shape index (κ1) is 14.2. The topological polar surface area (TPSA) is 52.5 Å². The molecular weight excluding hydrogens is 262 g/mol. The van der Waals surface area contributed by atoms with Crippen LogP contribution in [0, 0.1) is 13.8 Å². The standard InChI is InChI=1S/C14H20ClN3O/c1-10-3-4-11(2)18(10)14(16)7-13(8-15)17-12-5-6-19-9-12/h3-4,7,12H,5-6,8-9,16H2,1-2H3/t12-/m1/s1. The third-order valence-electron chi connectivity index (χ3n) is 3.23. The van der Waals surface area contributed by atoms with Gasteiger partial charge in [-0.2, -0.15) is 0 Å². The Hall–Kier alpha value is -1.26. The largest absolute Gasteiger partial charge is 0.385 e. The molecule has 0 unspecified atom stereocenters. The molecule has 1 atom stereocenters. The zero-order valence-corrected chi connectivity index (χ0v) is 12.2. The molecule has 4 nitrogen and oxygen atoms in total. The average molecular weight is 282 g/mol. The second-order valence-electron chi connectivity index (χ2n) is 4.79. The summed E-state index contributed by atoms with van der Waals surface area (Å²) in [5.41, 5.74) is 9.16. The highest BCUT2D eigenvalue weighted by molar-refractivity contribution is 6.31. The quantitative estimate of drug-likeness (QED) is 0.680. The number of rotatable bonds is 4. The van der Waals surface area contributed by atoms with E-state index in [9.17, 15) is 0 Å². The maximum Gasteiger partial charge on any atom is 0.109 e. The van der Waals surface area contributed by atoms with Crippen molar-refractivity contribution >= 4 is 23.1 Å². The molecule has 0 bridgehead atoms. The lowest BCUT2D eigenvalue weighted by Gasteiger charge is -2.10. The molecule has 104 valence electrons. The Morgan fingerprint density at radius 3 is 2.74 bits per heavy atom. The molecule has 0 spiro atoms. The smallest absolute Gasteiger partial charge is 0.109 e. The third kappa shape index (κ3) is 3.39. The van der Waals surface area contributed by atoms with E-state index >= 15 is 0 Å². The van der Waals surface area contributed by atoms with Crippen LogP contribution in [0.1, 0.15) is 17.8 Å². The average Bonchev–Trinajstić information content (AvgIpc) is 2.99. The lowest BCUT2D eigenvalue weighted by molar-refractivity contribution is 0.194. The molecule has 5 heteroatoms. The lowest BCUT2D eigenvalue weighted by atomic mass is 10.2. The molecular formula is C14H20ClN3O. The van der Waals surface area contributed by atoms with E-state index in [-0.39, 0.29) is 6.04 Å². The molecule has 1 aromatic rings. The summed E-state index contributed by atoms with van der Waals surface area (Å²) in [5, 5.41) is 0. The first-order valence-electron chi connectivity index (χ1n) is 6.44. The summed E-state index contributed by atoms with van der Waals surface area (Å²) in [6, 6.07) is 4.29. The Labute approximate surface area is 118 Å². The summed E-state index contributed by atoms with van der Waals surface area (Å²) in [5.74, 6) is 1.01. The molecule has 0 radical (unpaired) electrons. The van der Waals surface area contributed by atoms with Gasteiger partial charge in [0.2, 0.25) is 0 Å². The van der Waals surface area contributed by atoms with Crippen LogP contribution in [0.4, 0.5) is 0 Å². The minimum absolute atomic E-state index is 0.213. The van der Waals surface area contributed by atoms with Crippen molar-refractivity contribution in [2.45, 2.75) is 26.3 Å². The maximum absolute atomic E-state index is 6.15. The number of allylic oxidation sites excluding steroid dienone is 1. The fraction of sp³-hybridized carbons (Fsp3) is 0.500. The van der Waals surface area contributed by atoms with Crippen molar-refractivity contribution in [1.29, 1.82) is 0 Å². The summed E-state index contributed by atoms with van der Waals surface area (Å²) >= 11 is 5.95. The molecule has 0 saturated carbocycles. The van der Waals surface area contributed by atoms with Gasteiger partial charge in [-0.25, -0.2) is 0 Å². The van der Waals surface area contributed by atoms with E-state index in [1.807, 2.05) is 36.6 Å². The Kier molecular flexibility index (Phi) is 4.66. The van der Waals surface area contributed by atoms with E-state index in [1.165, 1.54) is 0 Å². The summed E-state index contributed by atoms with van der Waals surface area (Å²) in [6.45, 7) is 5.50. The molecule has 0 aromatic carbocycles. The van der Waals surface area contributed by atoms with Crippen molar-refractivity contribution in [2.24, 2.45) is 10.7 Å². The third-order valence-corrected chi connectivity index (χ3v) is 3.51. The van der Waals surface area contributed by atoms with Crippen molar-refractivity contribution in [2.75, 3.05) is 19.1 Å². The van der Waals surface area contributed by atoms with Gasteiger partial charge in [-0.15, -0.1) is 11.6 Å². The van der Waals surface area contributed by atoms with Crippen molar-refractivity contribution in [3.63, 3.8) is 0 Å². The van der Waals surface area contributed by atoms with Crippen LogP contribution in [0.25, 0.3) is 5.82 Å².